The second kappa shape index (κ2) is 10.1. The summed E-state index contributed by atoms with van der Waals surface area (Å²) in [5.41, 5.74) is 1.56. The molecule has 2 aromatic rings. The van der Waals surface area contributed by atoms with Crippen LogP contribution < -0.4 is 10.1 Å². The van der Waals surface area contributed by atoms with Crippen LogP contribution in [0, 0.1) is 0 Å². The van der Waals surface area contributed by atoms with Crippen molar-refractivity contribution < 1.29 is 14.3 Å². The summed E-state index contributed by atoms with van der Waals surface area (Å²) >= 11 is 3.39. The maximum Gasteiger partial charge on any atom is 0.259 e. The van der Waals surface area contributed by atoms with Gasteiger partial charge in [0, 0.05) is 28.8 Å². The van der Waals surface area contributed by atoms with Crippen LogP contribution in [0.4, 0.5) is 5.69 Å². The fourth-order valence-corrected chi connectivity index (χ4v) is 3.00. The van der Waals surface area contributed by atoms with Gasteiger partial charge in [-0.05, 0) is 56.7 Å². The SMILES string of the molecule is CCCOc1ccc(Br)cc1C(=O)Nc1cccc(C(=O)N(CC)CC)c1. The van der Waals surface area contributed by atoms with Crippen molar-refractivity contribution >= 4 is 33.4 Å². The molecule has 1 N–H and O–H groups in total. The van der Waals surface area contributed by atoms with Crippen LogP contribution in [0.15, 0.2) is 46.9 Å². The number of nitrogens with one attached hydrogen (secondary N) is 1. The van der Waals surface area contributed by atoms with Gasteiger partial charge in [-0.1, -0.05) is 28.9 Å². The van der Waals surface area contributed by atoms with E-state index in [1.807, 2.05) is 26.8 Å². The predicted molar refractivity (Wildman–Crippen MR) is 112 cm³/mol. The van der Waals surface area contributed by atoms with Crippen molar-refractivity contribution in [3.05, 3.63) is 58.1 Å². The molecule has 5 nitrogen and oxygen atoms in total. The van der Waals surface area contributed by atoms with E-state index in [1.54, 1.807) is 41.3 Å². The lowest BCUT2D eigenvalue weighted by atomic mass is 10.1. The normalized spacial score (nSPS) is 10.4. The Morgan fingerprint density at radius 3 is 2.48 bits per heavy atom. The van der Waals surface area contributed by atoms with Crippen molar-refractivity contribution in [1.82, 2.24) is 4.90 Å². The molecule has 0 aromatic heterocycles. The van der Waals surface area contributed by atoms with E-state index in [9.17, 15) is 9.59 Å². The number of hydrogen-bond donors (Lipinski definition) is 1. The molecule has 0 saturated carbocycles. The zero-order chi connectivity index (χ0) is 19.8. The number of nitrogens with zero attached hydrogens (tertiary/aromatic N) is 1. The number of halogens is 1. The number of amides is 2. The Morgan fingerprint density at radius 2 is 1.81 bits per heavy atom. The molecule has 0 aliphatic rings. The molecule has 0 spiro atoms. The van der Waals surface area contributed by atoms with Gasteiger partial charge in [-0.25, -0.2) is 0 Å². The van der Waals surface area contributed by atoms with Gasteiger partial charge in [-0.15, -0.1) is 0 Å². The Hall–Kier alpha value is -2.34. The summed E-state index contributed by atoms with van der Waals surface area (Å²) in [5.74, 6) is 0.202. The maximum absolute atomic E-state index is 12.8. The Morgan fingerprint density at radius 1 is 1.07 bits per heavy atom. The van der Waals surface area contributed by atoms with Gasteiger partial charge in [0.25, 0.3) is 11.8 Å². The molecular formula is C21H25BrN2O3. The minimum Gasteiger partial charge on any atom is -0.493 e. The van der Waals surface area contributed by atoms with Crippen LogP contribution in [0.5, 0.6) is 5.75 Å². The lowest BCUT2D eigenvalue weighted by Crippen LogP contribution is -2.30. The number of carbonyl (C=O) groups is 2. The lowest BCUT2D eigenvalue weighted by molar-refractivity contribution is 0.0772. The van der Waals surface area contributed by atoms with Crippen molar-refractivity contribution in [1.29, 1.82) is 0 Å². The van der Waals surface area contributed by atoms with Crippen LogP contribution in [0.2, 0.25) is 0 Å². The fourth-order valence-electron chi connectivity index (χ4n) is 2.64. The second-order valence-corrected chi connectivity index (χ2v) is 6.92. The highest BCUT2D eigenvalue weighted by Crippen LogP contribution is 2.25. The highest BCUT2D eigenvalue weighted by molar-refractivity contribution is 9.10. The Bertz CT molecular complexity index is 804. The van der Waals surface area contributed by atoms with Crippen molar-refractivity contribution in [2.45, 2.75) is 27.2 Å². The maximum atomic E-state index is 12.8. The van der Waals surface area contributed by atoms with E-state index >= 15 is 0 Å². The molecule has 0 atom stereocenters. The largest absolute Gasteiger partial charge is 0.493 e. The van der Waals surface area contributed by atoms with Gasteiger partial charge in [0.1, 0.15) is 5.75 Å². The minimum atomic E-state index is -0.283. The molecule has 144 valence electrons. The summed E-state index contributed by atoms with van der Waals surface area (Å²) in [6, 6.07) is 12.3. The summed E-state index contributed by atoms with van der Waals surface area (Å²) < 4.78 is 6.47. The number of benzene rings is 2. The van der Waals surface area contributed by atoms with Gasteiger partial charge < -0.3 is 15.0 Å². The molecule has 0 unspecified atom stereocenters. The fraction of sp³-hybridized carbons (Fsp3) is 0.333. The van der Waals surface area contributed by atoms with E-state index in [0.717, 1.165) is 10.9 Å². The van der Waals surface area contributed by atoms with Crippen LogP contribution >= 0.6 is 15.9 Å². The zero-order valence-corrected chi connectivity index (χ0v) is 17.5. The smallest absolute Gasteiger partial charge is 0.259 e. The molecule has 2 amide bonds. The number of anilines is 1. The molecule has 0 aliphatic heterocycles. The molecule has 0 radical (unpaired) electrons. The minimum absolute atomic E-state index is 0.0504. The predicted octanol–water partition coefficient (Wildman–Crippen LogP) is 4.97. The summed E-state index contributed by atoms with van der Waals surface area (Å²) in [5, 5.41) is 2.86. The number of carbonyl (C=O) groups excluding carboxylic acids is 2. The van der Waals surface area contributed by atoms with Gasteiger partial charge in [0.15, 0.2) is 0 Å². The Labute approximate surface area is 168 Å². The first-order valence-corrected chi connectivity index (χ1v) is 9.92. The number of rotatable bonds is 8. The van der Waals surface area contributed by atoms with Crippen molar-refractivity contribution in [2.24, 2.45) is 0 Å². The van der Waals surface area contributed by atoms with Gasteiger partial charge in [0.05, 0.1) is 12.2 Å². The van der Waals surface area contributed by atoms with E-state index in [2.05, 4.69) is 21.2 Å². The van der Waals surface area contributed by atoms with Crippen molar-refractivity contribution in [3.63, 3.8) is 0 Å². The molecule has 0 saturated heterocycles. The Balaban J connectivity index is 2.22. The van der Waals surface area contributed by atoms with Gasteiger partial charge >= 0.3 is 0 Å². The summed E-state index contributed by atoms with van der Waals surface area (Å²) in [6.07, 6.45) is 0.854. The zero-order valence-electron chi connectivity index (χ0n) is 15.9. The number of hydrogen-bond acceptors (Lipinski definition) is 3. The van der Waals surface area contributed by atoms with E-state index in [0.29, 0.717) is 42.3 Å². The quantitative estimate of drug-likeness (QED) is 0.640. The molecule has 6 heteroatoms. The first kappa shape index (κ1) is 21.0. The van der Waals surface area contributed by atoms with Crippen LogP contribution in [-0.2, 0) is 0 Å². The average molecular weight is 433 g/mol. The molecular weight excluding hydrogens is 408 g/mol. The van der Waals surface area contributed by atoms with Crippen LogP contribution in [-0.4, -0.2) is 36.4 Å². The first-order valence-electron chi connectivity index (χ1n) is 9.13. The van der Waals surface area contributed by atoms with E-state index in [1.165, 1.54) is 0 Å². The summed E-state index contributed by atoms with van der Waals surface area (Å²) in [7, 11) is 0. The first-order chi connectivity index (χ1) is 13.0. The standard InChI is InChI=1S/C21H25BrN2O3/c1-4-12-27-19-11-10-16(22)14-18(19)20(25)23-17-9-7-8-15(13-17)21(26)24(5-2)6-3/h7-11,13-14H,4-6,12H2,1-3H3,(H,23,25). The van der Waals surface area contributed by atoms with E-state index in [-0.39, 0.29) is 11.8 Å². The molecule has 2 aromatic carbocycles. The lowest BCUT2D eigenvalue weighted by Gasteiger charge is -2.19. The third-order valence-corrected chi connectivity index (χ3v) is 4.56. The third-order valence-electron chi connectivity index (χ3n) is 4.07. The van der Waals surface area contributed by atoms with Crippen LogP contribution in [0.3, 0.4) is 0 Å². The molecule has 27 heavy (non-hydrogen) atoms. The van der Waals surface area contributed by atoms with Crippen molar-refractivity contribution in [2.75, 3.05) is 25.0 Å². The highest BCUT2D eigenvalue weighted by atomic mass is 79.9. The monoisotopic (exact) mass is 432 g/mol. The third kappa shape index (κ3) is 5.57. The Kier molecular flexibility index (Phi) is 7.85. The topological polar surface area (TPSA) is 58.6 Å². The second-order valence-electron chi connectivity index (χ2n) is 6.00. The van der Waals surface area contributed by atoms with Gasteiger partial charge in [-0.3, -0.25) is 9.59 Å². The molecule has 0 fully saturated rings. The summed E-state index contributed by atoms with van der Waals surface area (Å²) in [6.45, 7) is 7.72. The molecule has 0 bridgehead atoms. The van der Waals surface area contributed by atoms with Crippen LogP contribution in [0.25, 0.3) is 0 Å². The molecule has 0 aliphatic carbocycles. The van der Waals surface area contributed by atoms with E-state index < -0.39 is 0 Å². The van der Waals surface area contributed by atoms with Crippen molar-refractivity contribution in [3.8, 4) is 5.75 Å². The summed E-state index contributed by atoms with van der Waals surface area (Å²) in [4.78, 5) is 27.0. The van der Waals surface area contributed by atoms with Crippen LogP contribution in [0.1, 0.15) is 47.9 Å². The van der Waals surface area contributed by atoms with Gasteiger partial charge in [0.2, 0.25) is 0 Å². The van der Waals surface area contributed by atoms with Gasteiger partial charge in [-0.2, -0.15) is 0 Å². The average Bonchev–Trinajstić information content (AvgIpc) is 2.68. The highest BCUT2D eigenvalue weighted by Gasteiger charge is 2.16. The number of ether oxygens (including phenoxy) is 1. The van der Waals surface area contributed by atoms with E-state index in [4.69, 9.17) is 4.74 Å². The molecule has 0 heterocycles. The molecule has 2 rings (SSSR count).